The minimum atomic E-state index is -0.971. The van der Waals surface area contributed by atoms with Crippen molar-refractivity contribution in [3.05, 3.63) is 0 Å². The first-order chi connectivity index (χ1) is 7.74. The molecule has 0 aromatic rings. The molecule has 0 aromatic heterocycles. The van der Waals surface area contributed by atoms with Gasteiger partial charge in [-0.25, -0.2) is 0 Å². The van der Waals surface area contributed by atoms with Crippen molar-refractivity contribution in [2.24, 2.45) is 22.2 Å². The predicted octanol–water partition coefficient (Wildman–Crippen LogP) is -0.370. The predicted molar refractivity (Wildman–Crippen MR) is 63.9 cm³/mol. The molecule has 94 valence electrons. The molecule has 0 radical (unpaired) electrons. The minimum Gasteiger partial charge on any atom is -0.848 e. The molecule has 4 aliphatic rings. The van der Waals surface area contributed by atoms with Crippen LogP contribution in [-0.2, 0) is 0 Å². The Morgan fingerprint density at radius 1 is 1.11 bits per heavy atom. The van der Waals surface area contributed by atoms with Crippen LogP contribution in [0.2, 0.25) is 0 Å². The number of hydrogen-bond acceptors (Lipinski definition) is 2. The molecular formula is C15H22NNaO. The average Bonchev–Trinajstić information content (AvgIpc) is 2.10. The molecule has 0 saturated heterocycles. The van der Waals surface area contributed by atoms with E-state index in [4.69, 9.17) is 5.26 Å². The fourth-order valence-electron chi connectivity index (χ4n) is 6.25. The molecule has 4 aliphatic carbocycles. The first kappa shape index (κ1) is 14.9. The Balaban J connectivity index is 0.00000120. The van der Waals surface area contributed by atoms with Crippen LogP contribution in [0.1, 0.15) is 59.3 Å². The molecule has 0 N–H and O–H groups in total. The van der Waals surface area contributed by atoms with Gasteiger partial charge in [-0.3, -0.25) is 0 Å². The summed E-state index contributed by atoms with van der Waals surface area (Å²) in [7, 11) is 0. The number of hydrogen-bond donors (Lipinski definition) is 0. The molecule has 0 heterocycles. The summed E-state index contributed by atoms with van der Waals surface area (Å²) in [6.07, 6.45) is 5.69. The SMILES string of the molecule is CC12CC3CC(C)(C1)CC(C)(C2)C3([O-])CC#N.[Na+]. The fraction of sp³-hybridized carbons (Fsp3) is 0.933. The summed E-state index contributed by atoms with van der Waals surface area (Å²) >= 11 is 0. The molecule has 4 bridgehead atoms. The van der Waals surface area contributed by atoms with E-state index in [9.17, 15) is 5.11 Å². The molecule has 3 heteroatoms. The van der Waals surface area contributed by atoms with Crippen LogP contribution in [-0.4, -0.2) is 5.60 Å². The van der Waals surface area contributed by atoms with E-state index in [1.54, 1.807) is 0 Å². The second-order valence-electron chi connectivity index (χ2n) is 8.04. The molecular weight excluding hydrogens is 233 g/mol. The van der Waals surface area contributed by atoms with Gasteiger partial charge >= 0.3 is 29.6 Å². The van der Waals surface area contributed by atoms with E-state index in [0.717, 1.165) is 25.7 Å². The van der Waals surface area contributed by atoms with E-state index in [0.29, 0.717) is 10.8 Å². The first-order valence-electron chi connectivity index (χ1n) is 6.82. The van der Waals surface area contributed by atoms with E-state index >= 15 is 0 Å². The van der Waals surface area contributed by atoms with E-state index in [1.807, 2.05) is 0 Å². The van der Waals surface area contributed by atoms with E-state index in [1.165, 1.54) is 6.42 Å². The van der Waals surface area contributed by atoms with Crippen LogP contribution < -0.4 is 34.7 Å². The van der Waals surface area contributed by atoms with Crippen molar-refractivity contribution >= 4 is 0 Å². The number of nitrogens with zero attached hydrogens (tertiary/aromatic N) is 1. The summed E-state index contributed by atoms with van der Waals surface area (Å²) in [6, 6.07) is 2.17. The quantitative estimate of drug-likeness (QED) is 0.600. The molecule has 0 aromatic carbocycles. The van der Waals surface area contributed by atoms with Gasteiger partial charge in [-0.1, -0.05) is 26.4 Å². The van der Waals surface area contributed by atoms with Gasteiger partial charge in [0.1, 0.15) is 0 Å². The van der Waals surface area contributed by atoms with Gasteiger partial charge in [0.25, 0.3) is 0 Å². The zero-order valence-electron chi connectivity index (χ0n) is 12.2. The third-order valence-electron chi connectivity index (χ3n) is 5.99. The van der Waals surface area contributed by atoms with E-state index < -0.39 is 5.60 Å². The molecule has 3 unspecified atom stereocenters. The van der Waals surface area contributed by atoms with Crippen molar-refractivity contribution in [1.29, 1.82) is 5.26 Å². The van der Waals surface area contributed by atoms with Crippen molar-refractivity contribution in [1.82, 2.24) is 0 Å². The maximum atomic E-state index is 13.2. The number of rotatable bonds is 1. The second kappa shape index (κ2) is 3.98. The number of nitriles is 1. The zero-order chi connectivity index (χ0) is 12.5. The summed E-state index contributed by atoms with van der Waals surface area (Å²) in [6.45, 7) is 6.89. The molecule has 4 rings (SSSR count). The molecule has 0 aliphatic heterocycles. The van der Waals surface area contributed by atoms with Gasteiger partial charge in [-0.2, -0.15) is 5.26 Å². The zero-order valence-corrected chi connectivity index (χ0v) is 14.2. The smallest absolute Gasteiger partial charge is 0.848 e. The Morgan fingerprint density at radius 3 is 2.00 bits per heavy atom. The van der Waals surface area contributed by atoms with Crippen LogP contribution in [0.15, 0.2) is 0 Å². The maximum absolute atomic E-state index is 13.2. The molecule has 0 spiro atoms. The Bertz CT molecular complexity index is 397. The average molecular weight is 255 g/mol. The summed E-state index contributed by atoms with van der Waals surface area (Å²) in [5, 5.41) is 22.2. The first-order valence-corrected chi connectivity index (χ1v) is 6.82. The van der Waals surface area contributed by atoms with E-state index in [-0.39, 0.29) is 47.3 Å². The summed E-state index contributed by atoms with van der Waals surface area (Å²) in [4.78, 5) is 0. The standard InChI is InChI=1S/C15H22NO.Na/c1-12-6-11-7-13(2,8-12)10-14(3,9-12)15(11,17)4-5-16;/h11H,4,6-10H2,1-3H3;/q-1;+1. The second-order valence-corrected chi connectivity index (χ2v) is 8.04. The summed E-state index contributed by atoms with van der Waals surface area (Å²) < 4.78 is 0. The van der Waals surface area contributed by atoms with Crippen molar-refractivity contribution in [2.75, 3.05) is 0 Å². The molecule has 0 amide bonds. The van der Waals surface area contributed by atoms with Crippen LogP contribution in [0, 0.1) is 33.5 Å². The molecule has 2 nitrogen and oxygen atoms in total. The van der Waals surface area contributed by atoms with Crippen molar-refractivity contribution in [3.8, 4) is 6.07 Å². The van der Waals surface area contributed by atoms with Gasteiger partial charge in [0.05, 0.1) is 6.07 Å². The molecule has 4 saturated carbocycles. The van der Waals surface area contributed by atoms with E-state index in [2.05, 4.69) is 26.8 Å². The van der Waals surface area contributed by atoms with Crippen LogP contribution in [0.5, 0.6) is 0 Å². The fourth-order valence-corrected chi connectivity index (χ4v) is 6.25. The molecule has 4 fully saturated rings. The van der Waals surface area contributed by atoms with Crippen molar-refractivity contribution in [2.45, 2.75) is 64.9 Å². The van der Waals surface area contributed by atoms with Gasteiger partial charge in [0.2, 0.25) is 0 Å². The van der Waals surface area contributed by atoms with Crippen LogP contribution in [0.25, 0.3) is 0 Å². The maximum Gasteiger partial charge on any atom is 1.00 e. The van der Waals surface area contributed by atoms with Crippen LogP contribution in [0.4, 0.5) is 0 Å². The van der Waals surface area contributed by atoms with Gasteiger partial charge in [0, 0.05) is 6.42 Å². The molecule has 18 heavy (non-hydrogen) atoms. The summed E-state index contributed by atoms with van der Waals surface area (Å²) in [5.41, 5.74) is -0.380. The minimum absolute atomic E-state index is 0. The monoisotopic (exact) mass is 255 g/mol. The van der Waals surface area contributed by atoms with Crippen molar-refractivity contribution < 1.29 is 34.7 Å². The van der Waals surface area contributed by atoms with Gasteiger partial charge in [0.15, 0.2) is 0 Å². The van der Waals surface area contributed by atoms with Crippen LogP contribution >= 0.6 is 0 Å². The Hall–Kier alpha value is 0.450. The van der Waals surface area contributed by atoms with Gasteiger partial charge in [-0.05, 0) is 54.3 Å². The third kappa shape index (κ3) is 1.74. The topological polar surface area (TPSA) is 46.8 Å². The molecule has 3 atom stereocenters. The van der Waals surface area contributed by atoms with Crippen LogP contribution in [0.3, 0.4) is 0 Å². The van der Waals surface area contributed by atoms with Gasteiger partial charge < -0.3 is 5.11 Å². The Morgan fingerprint density at radius 2 is 1.61 bits per heavy atom. The largest absolute Gasteiger partial charge is 1.00 e. The third-order valence-corrected chi connectivity index (χ3v) is 5.99. The Kier molecular flexibility index (Phi) is 3.28. The van der Waals surface area contributed by atoms with Gasteiger partial charge in [-0.15, -0.1) is 0 Å². The summed E-state index contributed by atoms with van der Waals surface area (Å²) in [5.74, 6) is 0.235. The van der Waals surface area contributed by atoms with Crippen molar-refractivity contribution in [3.63, 3.8) is 0 Å². The normalized spacial score (nSPS) is 56.9. The Labute approximate surface area is 132 Å².